The van der Waals surface area contributed by atoms with Crippen LogP contribution >= 0.6 is 0 Å². The first-order valence-electron chi connectivity index (χ1n) is 14.9. The predicted molar refractivity (Wildman–Crippen MR) is 149 cm³/mol. The van der Waals surface area contributed by atoms with Gasteiger partial charge in [-0.1, -0.05) is 134 Å². The maximum Gasteiger partial charge on any atom is 0.408 e. The lowest BCUT2D eigenvalue weighted by Gasteiger charge is -2.30. The topological polar surface area (TPSA) is 75.7 Å². The Morgan fingerprint density at radius 2 is 1.32 bits per heavy atom. The lowest BCUT2D eigenvalue weighted by molar-refractivity contribution is -0.149. The molecule has 0 saturated carbocycles. The highest BCUT2D eigenvalue weighted by molar-refractivity contribution is 6.01. The Morgan fingerprint density at radius 3 is 1.86 bits per heavy atom. The first-order valence-corrected chi connectivity index (χ1v) is 14.9. The van der Waals surface area contributed by atoms with Crippen LogP contribution in [0.3, 0.4) is 0 Å². The Hall–Kier alpha value is -2.37. The smallest absolute Gasteiger partial charge is 0.408 e. The van der Waals surface area contributed by atoms with E-state index in [1.54, 1.807) is 0 Å². The number of likely N-dealkylation sites (tertiary alicyclic amines) is 1. The van der Waals surface area contributed by atoms with Gasteiger partial charge in [0.25, 0.3) is 5.91 Å². The van der Waals surface area contributed by atoms with E-state index in [0.29, 0.717) is 13.0 Å². The Morgan fingerprint density at radius 1 is 0.811 bits per heavy atom. The van der Waals surface area contributed by atoms with Gasteiger partial charge in [-0.15, -0.1) is 0 Å². The van der Waals surface area contributed by atoms with Crippen LogP contribution in [0.5, 0.6) is 0 Å². The largest absolute Gasteiger partial charge is 0.445 e. The highest BCUT2D eigenvalue weighted by atomic mass is 16.5. The van der Waals surface area contributed by atoms with Crippen molar-refractivity contribution < 1.29 is 19.1 Å². The number of piperidine rings is 1. The van der Waals surface area contributed by atoms with E-state index < -0.39 is 12.1 Å². The molecule has 0 aromatic heterocycles. The number of nitrogens with zero attached hydrogens (tertiary/aromatic N) is 1. The van der Waals surface area contributed by atoms with Crippen molar-refractivity contribution in [2.75, 3.05) is 6.54 Å². The summed E-state index contributed by atoms with van der Waals surface area (Å²) in [6, 6.07) is 8.71. The molecule has 1 N–H and O–H groups in total. The van der Waals surface area contributed by atoms with E-state index >= 15 is 0 Å². The molecule has 3 amide bonds. The Bertz CT molecular complexity index is 768. The number of alkyl carbamates (subject to hydrolysis) is 1. The van der Waals surface area contributed by atoms with Gasteiger partial charge in [0, 0.05) is 13.0 Å². The molecule has 0 radical (unpaired) electrons. The van der Waals surface area contributed by atoms with Gasteiger partial charge >= 0.3 is 6.09 Å². The normalized spacial score (nSPS) is 15.7. The third-order valence-corrected chi connectivity index (χ3v) is 7.25. The number of benzene rings is 1. The fraction of sp³-hybridized carbons (Fsp3) is 0.710. The molecule has 0 spiro atoms. The van der Waals surface area contributed by atoms with Crippen molar-refractivity contribution in [1.82, 2.24) is 10.2 Å². The maximum atomic E-state index is 12.8. The third-order valence-electron chi connectivity index (χ3n) is 7.25. The van der Waals surface area contributed by atoms with Crippen LogP contribution in [0.15, 0.2) is 30.3 Å². The summed E-state index contributed by atoms with van der Waals surface area (Å²) in [6.45, 7) is 2.85. The molecule has 0 aliphatic carbocycles. The first-order chi connectivity index (χ1) is 18.1. The molecule has 1 atom stereocenters. The van der Waals surface area contributed by atoms with Crippen LogP contribution in [0.1, 0.15) is 128 Å². The van der Waals surface area contributed by atoms with Crippen molar-refractivity contribution >= 4 is 17.9 Å². The summed E-state index contributed by atoms with van der Waals surface area (Å²) in [4.78, 5) is 38.5. The second-order valence-corrected chi connectivity index (χ2v) is 10.5. The van der Waals surface area contributed by atoms with Gasteiger partial charge in [0.2, 0.25) is 5.91 Å². The van der Waals surface area contributed by atoms with E-state index in [-0.39, 0.29) is 24.8 Å². The van der Waals surface area contributed by atoms with Crippen molar-refractivity contribution in [1.29, 1.82) is 0 Å². The average molecular weight is 515 g/mol. The third kappa shape index (κ3) is 13.7. The molecule has 1 heterocycles. The van der Waals surface area contributed by atoms with Gasteiger partial charge in [0.1, 0.15) is 12.6 Å². The molecular formula is C31H50N2O4. The van der Waals surface area contributed by atoms with Gasteiger partial charge in [-0.3, -0.25) is 14.5 Å². The molecule has 1 aromatic rings. The van der Waals surface area contributed by atoms with E-state index in [0.717, 1.165) is 24.8 Å². The minimum atomic E-state index is -0.693. The summed E-state index contributed by atoms with van der Waals surface area (Å²) in [7, 11) is 0. The van der Waals surface area contributed by atoms with Crippen LogP contribution in [-0.2, 0) is 20.9 Å². The van der Waals surface area contributed by atoms with Crippen LogP contribution in [0.4, 0.5) is 4.79 Å². The number of carbonyl (C=O) groups is 3. The van der Waals surface area contributed by atoms with Crippen molar-refractivity contribution in [2.24, 2.45) is 0 Å². The molecule has 1 saturated heterocycles. The summed E-state index contributed by atoms with van der Waals surface area (Å²) in [5.41, 5.74) is 0.882. The number of carbonyl (C=O) groups excluding carboxylic acids is 3. The first kappa shape index (κ1) is 30.9. The second-order valence-electron chi connectivity index (χ2n) is 10.5. The lowest BCUT2D eigenvalue weighted by Crippen LogP contribution is -2.54. The summed E-state index contributed by atoms with van der Waals surface area (Å²) in [5, 5.41) is 2.64. The predicted octanol–water partition coefficient (Wildman–Crippen LogP) is 7.69. The van der Waals surface area contributed by atoms with Gasteiger partial charge < -0.3 is 10.1 Å². The standard InChI is InChI=1S/C31H50N2O4/c1-2-3-4-5-6-7-8-9-10-11-12-13-14-15-16-20-25-33-29(34)24-23-28(30(33)35)32-31(36)37-26-27-21-18-17-19-22-27/h17-19,21-22,28H,2-16,20,23-26H2,1H3,(H,32,36)/t28-/m0/s1. The van der Waals surface area contributed by atoms with E-state index in [4.69, 9.17) is 4.74 Å². The zero-order chi connectivity index (χ0) is 26.6. The van der Waals surface area contributed by atoms with Crippen molar-refractivity contribution in [3.8, 4) is 0 Å². The highest BCUT2D eigenvalue weighted by Gasteiger charge is 2.35. The van der Waals surface area contributed by atoms with E-state index in [2.05, 4.69) is 12.2 Å². The number of hydrogen-bond acceptors (Lipinski definition) is 4. The van der Waals surface area contributed by atoms with E-state index in [1.807, 2.05) is 30.3 Å². The van der Waals surface area contributed by atoms with Gasteiger partial charge in [-0.2, -0.15) is 0 Å². The maximum absolute atomic E-state index is 12.8. The van der Waals surface area contributed by atoms with Gasteiger partial charge in [-0.25, -0.2) is 4.79 Å². The average Bonchev–Trinajstić information content (AvgIpc) is 2.91. The van der Waals surface area contributed by atoms with Crippen molar-refractivity contribution in [2.45, 2.75) is 135 Å². The van der Waals surface area contributed by atoms with Crippen LogP contribution < -0.4 is 5.32 Å². The molecule has 37 heavy (non-hydrogen) atoms. The number of nitrogens with one attached hydrogen (secondary N) is 1. The number of rotatable bonds is 20. The van der Waals surface area contributed by atoms with E-state index in [9.17, 15) is 14.4 Å². The quantitative estimate of drug-likeness (QED) is 0.143. The molecule has 0 bridgehead atoms. The van der Waals surface area contributed by atoms with Gasteiger partial charge in [0.15, 0.2) is 0 Å². The monoisotopic (exact) mass is 514 g/mol. The van der Waals surface area contributed by atoms with Crippen LogP contribution in [0.25, 0.3) is 0 Å². The minimum Gasteiger partial charge on any atom is -0.445 e. The molecule has 1 aromatic carbocycles. The highest BCUT2D eigenvalue weighted by Crippen LogP contribution is 2.17. The number of hydrogen-bond donors (Lipinski definition) is 1. The number of unbranched alkanes of at least 4 members (excludes halogenated alkanes) is 15. The van der Waals surface area contributed by atoms with Crippen LogP contribution in [0, 0.1) is 0 Å². The van der Waals surface area contributed by atoms with Crippen molar-refractivity contribution in [3.05, 3.63) is 35.9 Å². The van der Waals surface area contributed by atoms with E-state index in [1.165, 1.54) is 88.4 Å². The molecule has 208 valence electrons. The molecule has 1 fully saturated rings. The summed E-state index contributed by atoms with van der Waals surface area (Å²) in [6.07, 6.45) is 20.6. The van der Waals surface area contributed by atoms with Crippen LogP contribution in [0.2, 0.25) is 0 Å². The van der Waals surface area contributed by atoms with Crippen molar-refractivity contribution in [3.63, 3.8) is 0 Å². The SMILES string of the molecule is CCCCCCCCCCCCCCCCCCN1C(=O)CC[C@H](NC(=O)OCc2ccccc2)C1=O. The fourth-order valence-corrected chi connectivity index (χ4v) is 4.93. The Balaban J connectivity index is 1.47. The molecule has 1 aliphatic heterocycles. The molecule has 0 unspecified atom stereocenters. The number of imide groups is 1. The van der Waals surface area contributed by atoms with Gasteiger partial charge in [0.05, 0.1) is 0 Å². The number of ether oxygens (including phenoxy) is 1. The fourth-order valence-electron chi connectivity index (χ4n) is 4.93. The zero-order valence-electron chi connectivity index (χ0n) is 23.2. The summed E-state index contributed by atoms with van der Waals surface area (Å²) < 4.78 is 5.23. The Labute approximate surface area is 224 Å². The Kier molecular flexibility index (Phi) is 16.4. The second kappa shape index (κ2) is 19.7. The zero-order valence-corrected chi connectivity index (χ0v) is 23.2. The van der Waals surface area contributed by atoms with Gasteiger partial charge in [-0.05, 0) is 18.4 Å². The lowest BCUT2D eigenvalue weighted by atomic mass is 10.0. The number of amides is 3. The molecular weight excluding hydrogens is 464 g/mol. The summed E-state index contributed by atoms with van der Waals surface area (Å²) in [5.74, 6) is -0.449. The molecule has 6 nitrogen and oxygen atoms in total. The minimum absolute atomic E-state index is 0.137. The summed E-state index contributed by atoms with van der Waals surface area (Å²) >= 11 is 0. The molecule has 2 rings (SSSR count). The molecule has 6 heteroatoms. The molecule has 1 aliphatic rings. The van der Waals surface area contributed by atoms with Crippen LogP contribution in [-0.4, -0.2) is 35.4 Å².